The summed E-state index contributed by atoms with van der Waals surface area (Å²) in [5, 5.41) is 5.94. The number of hydrogen-bond donors (Lipinski definition) is 2. The molecule has 0 fully saturated rings. The van der Waals surface area contributed by atoms with E-state index in [1.807, 2.05) is 36.4 Å². The molecule has 1 amide bonds. The molecule has 0 aliphatic carbocycles. The topological polar surface area (TPSA) is 54.0 Å². The highest BCUT2D eigenvalue weighted by Gasteiger charge is 2.00. The number of anilines is 1. The van der Waals surface area contributed by atoms with Gasteiger partial charge < -0.3 is 10.6 Å². The van der Waals surface area contributed by atoms with Crippen molar-refractivity contribution in [1.82, 2.24) is 10.3 Å². The summed E-state index contributed by atoms with van der Waals surface area (Å²) in [4.78, 5) is 15.2. The number of pyridine rings is 1. The number of likely N-dealkylation sites (N-methyl/N-ethyl adjacent to an activating group) is 1. The number of carbonyl (C=O) groups excluding carboxylic acids is 1. The average Bonchev–Trinajstić information content (AvgIpc) is 2.47. The Kier molecular flexibility index (Phi) is 4.50. The van der Waals surface area contributed by atoms with Crippen molar-refractivity contribution in [2.24, 2.45) is 0 Å². The van der Waals surface area contributed by atoms with Crippen LogP contribution in [0.25, 0.3) is 0 Å². The van der Waals surface area contributed by atoms with Crippen LogP contribution in [0.1, 0.15) is 11.1 Å². The van der Waals surface area contributed by atoms with E-state index in [0.717, 1.165) is 17.8 Å². The van der Waals surface area contributed by atoms with Gasteiger partial charge in [0, 0.05) is 31.7 Å². The quantitative estimate of drug-likeness (QED) is 0.859. The van der Waals surface area contributed by atoms with Gasteiger partial charge in [0.2, 0.25) is 5.91 Å². The number of nitrogens with zero attached hydrogens (tertiary/aromatic N) is 1. The zero-order valence-electron chi connectivity index (χ0n) is 10.9. The molecule has 0 aliphatic rings. The third-order valence-electron chi connectivity index (χ3n) is 2.84. The predicted octanol–water partition coefficient (Wildman–Crippen LogP) is 1.98. The lowest BCUT2D eigenvalue weighted by Crippen LogP contribution is -2.19. The smallest absolute Gasteiger partial charge is 0.224 e. The summed E-state index contributed by atoms with van der Waals surface area (Å²) in [6, 6.07) is 11.9. The SMILES string of the molecule is CNC(=O)Cc1ccc(NCc2ccncc2)cc1. The van der Waals surface area contributed by atoms with Gasteiger partial charge in [0.25, 0.3) is 0 Å². The van der Waals surface area contributed by atoms with Crippen molar-refractivity contribution < 1.29 is 4.79 Å². The summed E-state index contributed by atoms with van der Waals surface area (Å²) in [7, 11) is 1.65. The second-order valence-electron chi connectivity index (χ2n) is 4.26. The number of carbonyl (C=O) groups is 1. The minimum atomic E-state index is 0.0255. The molecule has 1 aromatic carbocycles. The summed E-state index contributed by atoms with van der Waals surface area (Å²) in [5.41, 5.74) is 3.23. The second-order valence-corrected chi connectivity index (χ2v) is 4.26. The average molecular weight is 255 g/mol. The summed E-state index contributed by atoms with van der Waals surface area (Å²) >= 11 is 0. The van der Waals surface area contributed by atoms with Crippen molar-refractivity contribution in [3.8, 4) is 0 Å². The minimum absolute atomic E-state index is 0.0255. The van der Waals surface area contributed by atoms with E-state index in [9.17, 15) is 4.79 Å². The first-order chi connectivity index (χ1) is 9.28. The maximum atomic E-state index is 11.2. The number of amides is 1. The Labute approximate surface area is 112 Å². The Hall–Kier alpha value is -2.36. The fraction of sp³-hybridized carbons (Fsp3) is 0.200. The number of aromatic nitrogens is 1. The molecule has 1 heterocycles. The predicted molar refractivity (Wildman–Crippen MR) is 75.8 cm³/mol. The minimum Gasteiger partial charge on any atom is -0.381 e. The van der Waals surface area contributed by atoms with Gasteiger partial charge in [0.15, 0.2) is 0 Å². The molecule has 0 bridgehead atoms. The van der Waals surface area contributed by atoms with Crippen LogP contribution >= 0.6 is 0 Å². The lowest BCUT2D eigenvalue weighted by Gasteiger charge is -2.07. The van der Waals surface area contributed by atoms with E-state index in [0.29, 0.717) is 6.42 Å². The number of rotatable bonds is 5. The Bertz CT molecular complexity index is 523. The van der Waals surface area contributed by atoms with Gasteiger partial charge in [-0.3, -0.25) is 9.78 Å². The van der Waals surface area contributed by atoms with Gasteiger partial charge in [-0.05, 0) is 35.4 Å². The summed E-state index contributed by atoms with van der Waals surface area (Å²) in [6.07, 6.45) is 3.98. The van der Waals surface area contributed by atoms with Crippen molar-refractivity contribution in [2.75, 3.05) is 12.4 Å². The van der Waals surface area contributed by atoms with Gasteiger partial charge in [-0.25, -0.2) is 0 Å². The number of nitrogens with one attached hydrogen (secondary N) is 2. The Morgan fingerprint density at radius 2 is 1.74 bits per heavy atom. The molecular weight excluding hydrogens is 238 g/mol. The molecule has 0 radical (unpaired) electrons. The summed E-state index contributed by atoms with van der Waals surface area (Å²) < 4.78 is 0. The monoisotopic (exact) mass is 255 g/mol. The van der Waals surface area contributed by atoms with Crippen molar-refractivity contribution in [3.05, 3.63) is 59.9 Å². The molecular formula is C15H17N3O. The second kappa shape index (κ2) is 6.54. The molecule has 2 rings (SSSR count). The van der Waals surface area contributed by atoms with Crippen molar-refractivity contribution in [3.63, 3.8) is 0 Å². The van der Waals surface area contributed by atoms with E-state index >= 15 is 0 Å². The highest BCUT2D eigenvalue weighted by molar-refractivity contribution is 5.78. The first-order valence-corrected chi connectivity index (χ1v) is 6.20. The first-order valence-electron chi connectivity index (χ1n) is 6.20. The zero-order chi connectivity index (χ0) is 13.5. The Balaban J connectivity index is 1.90. The zero-order valence-corrected chi connectivity index (χ0v) is 10.9. The summed E-state index contributed by atoms with van der Waals surface area (Å²) in [6.45, 7) is 0.761. The molecule has 4 heteroatoms. The van der Waals surface area contributed by atoms with Gasteiger partial charge in [-0.1, -0.05) is 12.1 Å². The van der Waals surface area contributed by atoms with Crippen LogP contribution in [0.15, 0.2) is 48.8 Å². The van der Waals surface area contributed by atoms with Crippen LogP contribution in [0.5, 0.6) is 0 Å². The van der Waals surface area contributed by atoms with Crippen LogP contribution in [0.3, 0.4) is 0 Å². The van der Waals surface area contributed by atoms with Gasteiger partial charge in [0.05, 0.1) is 6.42 Å². The molecule has 0 spiro atoms. The fourth-order valence-corrected chi connectivity index (χ4v) is 1.72. The summed E-state index contributed by atoms with van der Waals surface area (Å²) in [5.74, 6) is 0.0255. The third-order valence-corrected chi connectivity index (χ3v) is 2.84. The molecule has 1 aromatic heterocycles. The Morgan fingerprint density at radius 3 is 2.37 bits per heavy atom. The van der Waals surface area contributed by atoms with Gasteiger partial charge in [-0.15, -0.1) is 0 Å². The third kappa shape index (κ3) is 4.10. The van der Waals surface area contributed by atoms with E-state index in [1.165, 1.54) is 5.56 Å². The molecule has 98 valence electrons. The fourth-order valence-electron chi connectivity index (χ4n) is 1.72. The van der Waals surface area contributed by atoms with Gasteiger partial charge in [-0.2, -0.15) is 0 Å². The van der Waals surface area contributed by atoms with Crippen LogP contribution in [0.2, 0.25) is 0 Å². The van der Waals surface area contributed by atoms with E-state index in [1.54, 1.807) is 19.4 Å². The molecule has 0 saturated carbocycles. The van der Waals surface area contributed by atoms with E-state index in [-0.39, 0.29) is 5.91 Å². The molecule has 0 aliphatic heterocycles. The number of hydrogen-bond acceptors (Lipinski definition) is 3. The van der Waals surface area contributed by atoms with Crippen LogP contribution < -0.4 is 10.6 Å². The molecule has 0 unspecified atom stereocenters. The van der Waals surface area contributed by atoms with Crippen LogP contribution in [0.4, 0.5) is 5.69 Å². The lowest BCUT2D eigenvalue weighted by molar-refractivity contribution is -0.119. The van der Waals surface area contributed by atoms with Crippen LogP contribution in [-0.2, 0) is 17.8 Å². The van der Waals surface area contributed by atoms with E-state index in [2.05, 4.69) is 15.6 Å². The molecule has 2 aromatic rings. The lowest BCUT2D eigenvalue weighted by atomic mass is 10.1. The maximum Gasteiger partial charge on any atom is 0.224 e. The first kappa shape index (κ1) is 13.1. The largest absolute Gasteiger partial charge is 0.381 e. The van der Waals surface area contributed by atoms with Crippen LogP contribution in [-0.4, -0.2) is 17.9 Å². The van der Waals surface area contributed by atoms with Crippen LogP contribution in [0, 0.1) is 0 Å². The molecule has 19 heavy (non-hydrogen) atoms. The highest BCUT2D eigenvalue weighted by Crippen LogP contribution is 2.11. The van der Waals surface area contributed by atoms with Gasteiger partial charge in [0.1, 0.15) is 0 Å². The van der Waals surface area contributed by atoms with Crippen molar-refractivity contribution >= 4 is 11.6 Å². The maximum absolute atomic E-state index is 11.2. The normalized spacial score (nSPS) is 9.95. The standard InChI is InChI=1S/C15H17N3O/c1-16-15(19)10-12-2-4-14(5-3-12)18-11-13-6-8-17-9-7-13/h2-9,18H,10-11H2,1H3,(H,16,19). The number of benzene rings is 1. The molecule has 0 atom stereocenters. The molecule has 4 nitrogen and oxygen atoms in total. The molecule has 2 N–H and O–H groups in total. The van der Waals surface area contributed by atoms with E-state index in [4.69, 9.17) is 0 Å². The molecule has 0 saturated heterocycles. The van der Waals surface area contributed by atoms with Gasteiger partial charge >= 0.3 is 0 Å². The van der Waals surface area contributed by atoms with Crippen molar-refractivity contribution in [2.45, 2.75) is 13.0 Å². The highest BCUT2D eigenvalue weighted by atomic mass is 16.1. The Morgan fingerprint density at radius 1 is 1.05 bits per heavy atom. The van der Waals surface area contributed by atoms with E-state index < -0.39 is 0 Å². The van der Waals surface area contributed by atoms with Crippen molar-refractivity contribution in [1.29, 1.82) is 0 Å².